The van der Waals surface area contributed by atoms with Gasteiger partial charge in [-0.2, -0.15) is 10.5 Å². The molecule has 1 aliphatic rings. The van der Waals surface area contributed by atoms with E-state index in [1.54, 1.807) is 18.2 Å². The molecule has 1 heterocycles. The van der Waals surface area contributed by atoms with Crippen LogP contribution in [-0.2, 0) is 0 Å². The summed E-state index contributed by atoms with van der Waals surface area (Å²) >= 11 is 7.59. The van der Waals surface area contributed by atoms with Crippen molar-refractivity contribution in [2.24, 2.45) is 5.73 Å². The second kappa shape index (κ2) is 5.92. The minimum Gasteiger partial charge on any atom is -0.384 e. The largest absolute Gasteiger partial charge is 0.384 e. The van der Waals surface area contributed by atoms with Gasteiger partial charge >= 0.3 is 0 Å². The number of dihydropyridines is 1. The van der Waals surface area contributed by atoms with Crippen LogP contribution in [-0.4, -0.2) is 6.26 Å². The third-order valence-corrected chi connectivity index (χ3v) is 4.10. The molecule has 3 N–H and O–H groups in total. The van der Waals surface area contributed by atoms with Gasteiger partial charge in [-0.15, -0.1) is 11.8 Å². The molecule has 0 saturated heterocycles. The van der Waals surface area contributed by atoms with Gasteiger partial charge in [0.2, 0.25) is 0 Å². The van der Waals surface area contributed by atoms with Crippen molar-refractivity contribution in [3.05, 3.63) is 56.8 Å². The SMILES string of the molecule is CSC1=C(C#N)C(c2ccccc2Cl)C(C#N)=C(N)N1. The lowest BCUT2D eigenvalue weighted by Crippen LogP contribution is -2.29. The normalized spacial score (nSPS) is 18.3. The fourth-order valence-corrected chi connectivity index (χ4v) is 2.95. The van der Waals surface area contributed by atoms with Gasteiger partial charge in [0.25, 0.3) is 0 Å². The van der Waals surface area contributed by atoms with Gasteiger partial charge in [0.15, 0.2) is 0 Å². The lowest BCUT2D eigenvalue weighted by atomic mass is 9.84. The van der Waals surface area contributed by atoms with Crippen LogP contribution in [0.1, 0.15) is 11.5 Å². The molecule has 0 saturated carbocycles. The molecule has 20 heavy (non-hydrogen) atoms. The Kier molecular flexibility index (Phi) is 4.24. The highest BCUT2D eigenvalue weighted by molar-refractivity contribution is 8.02. The van der Waals surface area contributed by atoms with Gasteiger partial charge in [0.1, 0.15) is 5.82 Å². The van der Waals surface area contributed by atoms with E-state index >= 15 is 0 Å². The number of halogens is 1. The first kappa shape index (κ1) is 14.3. The molecular formula is C14H11ClN4S. The summed E-state index contributed by atoms with van der Waals surface area (Å²) in [6.07, 6.45) is 1.84. The fraction of sp³-hybridized carbons (Fsp3) is 0.143. The third-order valence-electron chi connectivity index (χ3n) is 3.02. The molecule has 1 aliphatic heterocycles. The predicted molar refractivity (Wildman–Crippen MR) is 80.3 cm³/mol. The Morgan fingerprint density at radius 3 is 2.45 bits per heavy atom. The number of benzene rings is 1. The highest BCUT2D eigenvalue weighted by Crippen LogP contribution is 2.41. The minimum absolute atomic E-state index is 0.265. The molecule has 1 atom stereocenters. The molecule has 1 aromatic rings. The molecule has 0 spiro atoms. The Hall–Kier alpha value is -2.08. The van der Waals surface area contributed by atoms with E-state index in [-0.39, 0.29) is 5.82 Å². The topological polar surface area (TPSA) is 85.6 Å². The van der Waals surface area contributed by atoms with Crippen molar-refractivity contribution in [1.29, 1.82) is 10.5 Å². The molecule has 0 fully saturated rings. The summed E-state index contributed by atoms with van der Waals surface area (Å²) in [5, 5.41) is 22.8. The molecule has 0 amide bonds. The highest BCUT2D eigenvalue weighted by atomic mass is 35.5. The van der Waals surface area contributed by atoms with Gasteiger partial charge in [-0.25, -0.2) is 0 Å². The van der Waals surface area contributed by atoms with E-state index in [1.165, 1.54) is 11.8 Å². The minimum atomic E-state index is -0.526. The first-order chi connectivity index (χ1) is 9.63. The van der Waals surface area contributed by atoms with Gasteiger partial charge in [-0.05, 0) is 17.9 Å². The summed E-state index contributed by atoms with van der Waals surface area (Å²) < 4.78 is 0. The number of nitriles is 2. The smallest absolute Gasteiger partial charge is 0.116 e. The van der Waals surface area contributed by atoms with Crippen molar-refractivity contribution in [3.63, 3.8) is 0 Å². The monoisotopic (exact) mass is 302 g/mol. The van der Waals surface area contributed by atoms with E-state index in [0.717, 1.165) is 0 Å². The maximum absolute atomic E-state index is 9.44. The first-order valence-electron chi connectivity index (χ1n) is 5.73. The molecule has 0 aromatic heterocycles. The molecule has 0 aliphatic carbocycles. The van der Waals surface area contributed by atoms with Crippen LogP contribution in [0.4, 0.5) is 0 Å². The second-order valence-electron chi connectivity index (χ2n) is 4.08. The van der Waals surface area contributed by atoms with E-state index < -0.39 is 5.92 Å². The highest BCUT2D eigenvalue weighted by Gasteiger charge is 2.32. The number of allylic oxidation sites excluding steroid dienone is 2. The number of nitrogens with one attached hydrogen (secondary N) is 1. The van der Waals surface area contributed by atoms with E-state index in [9.17, 15) is 10.5 Å². The Bertz CT molecular complexity index is 694. The predicted octanol–water partition coefficient (Wildman–Crippen LogP) is 2.82. The van der Waals surface area contributed by atoms with E-state index in [1.807, 2.05) is 12.3 Å². The van der Waals surface area contributed by atoms with Gasteiger partial charge < -0.3 is 11.1 Å². The van der Waals surface area contributed by atoms with Crippen LogP contribution in [0, 0.1) is 22.7 Å². The van der Waals surface area contributed by atoms with Crippen molar-refractivity contribution >= 4 is 23.4 Å². The molecule has 1 unspecified atom stereocenters. The van der Waals surface area contributed by atoms with Crippen molar-refractivity contribution in [1.82, 2.24) is 5.32 Å². The average molecular weight is 303 g/mol. The zero-order valence-electron chi connectivity index (χ0n) is 10.6. The van der Waals surface area contributed by atoms with Crippen LogP contribution in [0.5, 0.6) is 0 Å². The van der Waals surface area contributed by atoms with Gasteiger partial charge in [-0.1, -0.05) is 29.8 Å². The molecule has 1 aromatic carbocycles. The van der Waals surface area contributed by atoms with E-state index in [0.29, 0.717) is 26.8 Å². The Morgan fingerprint density at radius 1 is 1.25 bits per heavy atom. The molecule has 4 nitrogen and oxygen atoms in total. The first-order valence-corrected chi connectivity index (χ1v) is 7.33. The van der Waals surface area contributed by atoms with Gasteiger partial charge in [0.05, 0.1) is 34.2 Å². The van der Waals surface area contributed by atoms with Crippen LogP contribution in [0.15, 0.2) is 46.3 Å². The van der Waals surface area contributed by atoms with Crippen molar-refractivity contribution in [3.8, 4) is 12.1 Å². The van der Waals surface area contributed by atoms with Crippen LogP contribution in [0.25, 0.3) is 0 Å². The Labute approximate surface area is 126 Å². The van der Waals surface area contributed by atoms with Gasteiger partial charge in [0, 0.05) is 5.02 Å². The molecule has 6 heteroatoms. The number of thioether (sulfide) groups is 1. The van der Waals surface area contributed by atoms with Crippen LogP contribution in [0.3, 0.4) is 0 Å². The molecular weight excluding hydrogens is 292 g/mol. The summed E-state index contributed by atoms with van der Waals surface area (Å²) in [6.45, 7) is 0. The maximum Gasteiger partial charge on any atom is 0.116 e. The third kappa shape index (κ3) is 2.34. The lowest BCUT2D eigenvalue weighted by molar-refractivity contribution is 0.841. The van der Waals surface area contributed by atoms with Crippen LogP contribution in [0.2, 0.25) is 5.02 Å². The average Bonchev–Trinajstić information content (AvgIpc) is 2.46. The standard InChI is InChI=1S/C14H11ClN4S/c1-20-14-10(7-17)12(9(6-16)13(18)19-14)8-4-2-3-5-11(8)15/h2-5,12,19H,18H2,1H3. The summed E-state index contributed by atoms with van der Waals surface area (Å²) in [7, 11) is 0. The Balaban J connectivity index is 2.70. The molecule has 100 valence electrons. The summed E-state index contributed by atoms with van der Waals surface area (Å²) in [6, 6.07) is 11.4. The second-order valence-corrected chi connectivity index (χ2v) is 5.30. The summed E-state index contributed by atoms with van der Waals surface area (Å²) in [5.74, 6) is -0.261. The number of nitrogens with two attached hydrogens (primary N) is 1. The van der Waals surface area contributed by atoms with Crippen molar-refractivity contribution < 1.29 is 0 Å². The quantitative estimate of drug-likeness (QED) is 0.877. The van der Waals surface area contributed by atoms with Crippen LogP contribution < -0.4 is 11.1 Å². The van der Waals surface area contributed by atoms with E-state index in [2.05, 4.69) is 17.5 Å². The number of nitrogens with zero attached hydrogens (tertiary/aromatic N) is 2. The summed E-state index contributed by atoms with van der Waals surface area (Å²) in [5.41, 5.74) is 7.37. The molecule has 2 rings (SSSR count). The van der Waals surface area contributed by atoms with E-state index in [4.69, 9.17) is 17.3 Å². The van der Waals surface area contributed by atoms with Crippen molar-refractivity contribution in [2.45, 2.75) is 5.92 Å². The maximum atomic E-state index is 9.44. The molecule has 0 bridgehead atoms. The molecule has 0 radical (unpaired) electrons. The Morgan fingerprint density at radius 2 is 1.90 bits per heavy atom. The number of rotatable bonds is 2. The van der Waals surface area contributed by atoms with Crippen molar-refractivity contribution in [2.75, 3.05) is 6.26 Å². The summed E-state index contributed by atoms with van der Waals surface area (Å²) in [4.78, 5) is 0. The lowest BCUT2D eigenvalue weighted by Gasteiger charge is -2.26. The number of hydrogen-bond acceptors (Lipinski definition) is 5. The van der Waals surface area contributed by atoms with Crippen LogP contribution >= 0.6 is 23.4 Å². The fourth-order valence-electron chi connectivity index (χ4n) is 2.11. The van der Waals surface area contributed by atoms with Gasteiger partial charge in [-0.3, -0.25) is 0 Å². The zero-order valence-corrected chi connectivity index (χ0v) is 12.2. The zero-order chi connectivity index (χ0) is 14.7. The number of hydrogen-bond donors (Lipinski definition) is 2.